The molecule has 110 valence electrons. The molecule has 2 aromatic rings. The van der Waals surface area contributed by atoms with Crippen molar-refractivity contribution in [2.75, 3.05) is 10.9 Å². The van der Waals surface area contributed by atoms with E-state index in [1.165, 1.54) is 24.3 Å². The summed E-state index contributed by atoms with van der Waals surface area (Å²) < 4.78 is 30.9. The van der Waals surface area contributed by atoms with E-state index in [9.17, 15) is 13.2 Å². The first-order chi connectivity index (χ1) is 10.1. The van der Waals surface area contributed by atoms with Crippen LogP contribution in [0.2, 0.25) is 0 Å². The van der Waals surface area contributed by atoms with E-state index in [0.717, 1.165) is 0 Å². The number of sulfonamides is 1. The topological polar surface area (TPSA) is 63.7 Å². The van der Waals surface area contributed by atoms with Crippen LogP contribution in [0.4, 0.5) is 10.5 Å². The number of carbonyl (C=O) groups is 1. The van der Waals surface area contributed by atoms with Gasteiger partial charge in [-0.3, -0.25) is 0 Å². The molecule has 2 rings (SSSR count). The Hall–Kier alpha value is -2.34. The van der Waals surface area contributed by atoms with Crippen molar-refractivity contribution in [3.05, 3.63) is 60.7 Å². The van der Waals surface area contributed by atoms with Crippen molar-refractivity contribution in [3.8, 4) is 0 Å². The average Bonchev–Trinajstić information content (AvgIpc) is 2.49. The monoisotopic (exact) mass is 305 g/mol. The van der Waals surface area contributed by atoms with Gasteiger partial charge in [-0.05, 0) is 31.2 Å². The Balaban J connectivity index is 2.53. The van der Waals surface area contributed by atoms with Gasteiger partial charge in [-0.1, -0.05) is 36.4 Å². The van der Waals surface area contributed by atoms with Crippen LogP contribution in [-0.4, -0.2) is 21.1 Å². The molecular weight excluding hydrogens is 290 g/mol. The highest BCUT2D eigenvalue weighted by Gasteiger charge is 2.31. The third-order valence-electron chi connectivity index (χ3n) is 2.71. The molecule has 5 nitrogen and oxygen atoms in total. The molecule has 0 radical (unpaired) electrons. The number of rotatable bonds is 4. The first-order valence-corrected chi connectivity index (χ1v) is 7.83. The van der Waals surface area contributed by atoms with Gasteiger partial charge in [0, 0.05) is 0 Å². The Labute approximate surface area is 123 Å². The lowest BCUT2D eigenvalue weighted by atomic mass is 10.3. The van der Waals surface area contributed by atoms with Gasteiger partial charge in [-0.25, -0.2) is 13.2 Å². The van der Waals surface area contributed by atoms with Crippen molar-refractivity contribution in [1.29, 1.82) is 0 Å². The van der Waals surface area contributed by atoms with Crippen LogP contribution in [0.1, 0.15) is 6.92 Å². The fraction of sp³-hybridized carbons (Fsp3) is 0.133. The van der Waals surface area contributed by atoms with Crippen LogP contribution in [0, 0.1) is 0 Å². The van der Waals surface area contributed by atoms with Gasteiger partial charge in [0.05, 0.1) is 17.2 Å². The fourth-order valence-corrected chi connectivity index (χ4v) is 3.15. The standard InChI is InChI=1S/C15H15NO4S/c1-2-20-15(17)16(13-9-5-3-6-10-13)21(18,19)14-11-7-4-8-12-14/h3-12H,2H2,1H3. The molecule has 0 atom stereocenters. The fourth-order valence-electron chi connectivity index (χ4n) is 1.79. The van der Waals surface area contributed by atoms with Crippen LogP contribution >= 0.6 is 0 Å². The molecule has 0 fully saturated rings. The second-order valence-corrected chi connectivity index (χ2v) is 5.90. The number of benzene rings is 2. The summed E-state index contributed by atoms with van der Waals surface area (Å²) in [6.07, 6.45) is -0.924. The van der Waals surface area contributed by atoms with Crippen LogP contribution in [0.3, 0.4) is 0 Å². The molecule has 0 unspecified atom stereocenters. The maximum Gasteiger partial charge on any atom is 0.428 e. The number of anilines is 1. The summed E-state index contributed by atoms with van der Waals surface area (Å²) in [4.78, 5) is 12.1. The van der Waals surface area contributed by atoms with Gasteiger partial charge in [-0.15, -0.1) is 0 Å². The summed E-state index contributed by atoms with van der Waals surface area (Å²) in [6, 6.07) is 15.9. The molecule has 6 heteroatoms. The molecule has 0 bridgehead atoms. The predicted octanol–water partition coefficient (Wildman–Crippen LogP) is 3.04. The summed E-state index contributed by atoms with van der Waals surface area (Å²) in [5, 5.41) is 0. The van der Waals surface area contributed by atoms with E-state index in [-0.39, 0.29) is 17.2 Å². The number of amides is 1. The average molecular weight is 305 g/mol. The molecule has 0 spiro atoms. The van der Waals surface area contributed by atoms with Crippen molar-refractivity contribution in [3.63, 3.8) is 0 Å². The number of nitrogens with zero attached hydrogens (tertiary/aromatic N) is 1. The summed E-state index contributed by atoms with van der Waals surface area (Å²) in [7, 11) is -4.02. The molecule has 21 heavy (non-hydrogen) atoms. The number of hydrogen-bond acceptors (Lipinski definition) is 4. The van der Waals surface area contributed by atoms with Crippen LogP contribution in [-0.2, 0) is 14.8 Å². The number of hydrogen-bond donors (Lipinski definition) is 0. The van der Waals surface area contributed by atoms with Crippen LogP contribution in [0.5, 0.6) is 0 Å². The molecule has 0 aliphatic heterocycles. The third-order valence-corrected chi connectivity index (χ3v) is 4.41. The first kappa shape index (κ1) is 15.1. The summed E-state index contributed by atoms with van der Waals surface area (Å²) >= 11 is 0. The van der Waals surface area contributed by atoms with Crippen molar-refractivity contribution in [2.24, 2.45) is 0 Å². The first-order valence-electron chi connectivity index (χ1n) is 6.39. The number of ether oxygens (including phenoxy) is 1. The van der Waals surface area contributed by atoms with E-state index in [1.807, 2.05) is 0 Å². The van der Waals surface area contributed by atoms with Gasteiger partial charge in [0.25, 0.3) is 10.0 Å². The van der Waals surface area contributed by atoms with Gasteiger partial charge in [0.1, 0.15) is 0 Å². The second kappa shape index (κ2) is 6.41. The Morgan fingerprint density at radius 3 is 2.05 bits per heavy atom. The van der Waals surface area contributed by atoms with Gasteiger partial charge in [-0.2, -0.15) is 4.31 Å². The van der Waals surface area contributed by atoms with Crippen molar-refractivity contribution in [2.45, 2.75) is 11.8 Å². The van der Waals surface area contributed by atoms with E-state index in [1.54, 1.807) is 43.3 Å². The minimum Gasteiger partial charge on any atom is -0.449 e. The van der Waals surface area contributed by atoms with Crippen molar-refractivity contribution < 1.29 is 17.9 Å². The predicted molar refractivity (Wildman–Crippen MR) is 79.6 cm³/mol. The Morgan fingerprint density at radius 2 is 1.52 bits per heavy atom. The van der Waals surface area contributed by atoms with E-state index in [0.29, 0.717) is 4.31 Å². The lowest BCUT2D eigenvalue weighted by Crippen LogP contribution is -2.37. The zero-order valence-electron chi connectivity index (χ0n) is 11.5. The minimum atomic E-state index is -4.02. The molecular formula is C15H15NO4S. The highest BCUT2D eigenvalue weighted by molar-refractivity contribution is 7.93. The Kier molecular flexibility index (Phi) is 4.59. The largest absolute Gasteiger partial charge is 0.449 e. The normalized spacial score (nSPS) is 10.9. The molecule has 0 saturated carbocycles. The van der Waals surface area contributed by atoms with Gasteiger partial charge in [0.15, 0.2) is 0 Å². The van der Waals surface area contributed by atoms with Crippen LogP contribution in [0.15, 0.2) is 65.6 Å². The number of para-hydroxylation sites is 1. The lowest BCUT2D eigenvalue weighted by Gasteiger charge is -2.21. The maximum absolute atomic E-state index is 12.7. The molecule has 0 N–H and O–H groups in total. The molecule has 0 aromatic heterocycles. The lowest BCUT2D eigenvalue weighted by molar-refractivity contribution is 0.164. The molecule has 0 saturated heterocycles. The van der Waals surface area contributed by atoms with E-state index >= 15 is 0 Å². The maximum atomic E-state index is 12.7. The Morgan fingerprint density at radius 1 is 1.00 bits per heavy atom. The Bertz CT molecular complexity index is 699. The van der Waals surface area contributed by atoms with E-state index < -0.39 is 16.1 Å². The van der Waals surface area contributed by atoms with Gasteiger partial charge in [0.2, 0.25) is 0 Å². The minimum absolute atomic E-state index is 0.0295. The summed E-state index contributed by atoms with van der Waals surface area (Å²) in [5.41, 5.74) is 0.236. The molecule has 0 aliphatic carbocycles. The zero-order chi connectivity index (χ0) is 15.3. The summed E-state index contributed by atoms with van der Waals surface area (Å²) in [6.45, 7) is 1.71. The van der Waals surface area contributed by atoms with Crippen molar-refractivity contribution in [1.82, 2.24) is 0 Å². The van der Waals surface area contributed by atoms with Crippen LogP contribution < -0.4 is 4.31 Å². The number of carbonyl (C=O) groups excluding carboxylic acids is 1. The zero-order valence-corrected chi connectivity index (χ0v) is 12.3. The molecule has 2 aromatic carbocycles. The second-order valence-electron chi connectivity index (χ2n) is 4.12. The highest BCUT2D eigenvalue weighted by atomic mass is 32.2. The van der Waals surface area contributed by atoms with E-state index in [2.05, 4.69) is 0 Å². The molecule has 0 aliphatic rings. The van der Waals surface area contributed by atoms with Crippen LogP contribution in [0.25, 0.3) is 0 Å². The smallest absolute Gasteiger partial charge is 0.428 e. The summed E-state index contributed by atoms with van der Waals surface area (Å²) in [5.74, 6) is 0. The third kappa shape index (κ3) is 3.22. The SMILES string of the molecule is CCOC(=O)N(c1ccccc1)S(=O)(=O)c1ccccc1. The molecule has 0 heterocycles. The quantitative estimate of drug-likeness (QED) is 0.871. The van der Waals surface area contributed by atoms with Crippen molar-refractivity contribution >= 4 is 21.8 Å². The van der Waals surface area contributed by atoms with E-state index in [4.69, 9.17) is 4.74 Å². The highest BCUT2D eigenvalue weighted by Crippen LogP contribution is 2.24. The van der Waals surface area contributed by atoms with Gasteiger partial charge >= 0.3 is 6.09 Å². The molecule has 1 amide bonds. The van der Waals surface area contributed by atoms with Gasteiger partial charge < -0.3 is 4.74 Å².